The molecule has 1 aliphatic rings. The first kappa shape index (κ1) is 12.1. The number of halogens is 2. The summed E-state index contributed by atoms with van der Waals surface area (Å²) >= 11 is 7.00. The van der Waals surface area contributed by atoms with Crippen molar-refractivity contribution in [3.05, 3.63) is 33.2 Å². The summed E-state index contributed by atoms with van der Waals surface area (Å²) in [6, 6.07) is 4.02. The van der Waals surface area contributed by atoms with Crippen LogP contribution in [0.25, 0.3) is 5.57 Å². The number of epoxide rings is 1. The van der Waals surface area contributed by atoms with Crippen LogP contribution in [0, 0.1) is 0 Å². The molecule has 0 radical (unpaired) electrons. The Kier molecular flexibility index (Phi) is 3.72. The van der Waals surface area contributed by atoms with Crippen molar-refractivity contribution in [1.82, 2.24) is 0 Å². The second kappa shape index (κ2) is 4.90. The Bertz CT molecular complexity index is 402. The van der Waals surface area contributed by atoms with Gasteiger partial charge in [0.1, 0.15) is 18.5 Å². The molecule has 0 N–H and O–H groups in total. The van der Waals surface area contributed by atoms with Crippen molar-refractivity contribution < 1.29 is 9.47 Å². The maximum absolute atomic E-state index is 5.68. The van der Waals surface area contributed by atoms with Crippen LogP contribution >= 0.6 is 31.9 Å². The fraction of sp³-hybridized carbons (Fsp3) is 0.333. The molecule has 1 aromatic carbocycles. The Morgan fingerprint density at radius 1 is 1.50 bits per heavy atom. The zero-order chi connectivity index (χ0) is 11.7. The van der Waals surface area contributed by atoms with Gasteiger partial charge in [-0.3, -0.25) is 0 Å². The molecule has 2 rings (SSSR count). The van der Waals surface area contributed by atoms with Gasteiger partial charge in [-0.2, -0.15) is 0 Å². The first-order valence-electron chi connectivity index (χ1n) is 4.97. The highest BCUT2D eigenvalue weighted by atomic mass is 79.9. The lowest BCUT2D eigenvalue weighted by Gasteiger charge is -2.11. The van der Waals surface area contributed by atoms with Crippen LogP contribution in [-0.2, 0) is 4.74 Å². The molecule has 0 saturated carbocycles. The fourth-order valence-electron chi connectivity index (χ4n) is 1.28. The molecule has 1 saturated heterocycles. The minimum Gasteiger partial charge on any atom is -0.488 e. The van der Waals surface area contributed by atoms with E-state index in [1.165, 1.54) is 0 Å². The molecule has 0 aliphatic carbocycles. The molecule has 16 heavy (non-hydrogen) atoms. The van der Waals surface area contributed by atoms with Gasteiger partial charge in [0, 0.05) is 0 Å². The third-order valence-corrected chi connectivity index (χ3v) is 3.49. The predicted molar refractivity (Wildman–Crippen MR) is 71.8 cm³/mol. The molecule has 1 heterocycles. The molecule has 1 atom stereocenters. The van der Waals surface area contributed by atoms with Gasteiger partial charge in [-0.25, -0.2) is 0 Å². The van der Waals surface area contributed by atoms with Crippen molar-refractivity contribution >= 4 is 37.4 Å². The van der Waals surface area contributed by atoms with Crippen LogP contribution in [0.4, 0.5) is 0 Å². The van der Waals surface area contributed by atoms with Crippen LogP contribution in [0.3, 0.4) is 0 Å². The van der Waals surface area contributed by atoms with E-state index in [0.29, 0.717) is 6.61 Å². The minimum atomic E-state index is 0.264. The molecule has 0 bridgehead atoms. The largest absolute Gasteiger partial charge is 0.488 e. The predicted octanol–water partition coefficient (Wildman–Crippen LogP) is 4.02. The normalized spacial score (nSPS) is 18.3. The van der Waals surface area contributed by atoms with Crippen LogP contribution < -0.4 is 4.74 Å². The Morgan fingerprint density at radius 3 is 2.50 bits per heavy atom. The van der Waals surface area contributed by atoms with E-state index in [9.17, 15) is 0 Å². The van der Waals surface area contributed by atoms with E-state index in [4.69, 9.17) is 9.47 Å². The second-order valence-corrected chi connectivity index (χ2v) is 5.52. The van der Waals surface area contributed by atoms with E-state index in [0.717, 1.165) is 32.4 Å². The lowest BCUT2D eigenvalue weighted by atomic mass is 10.1. The molecule has 1 unspecified atom stereocenters. The molecule has 1 fully saturated rings. The summed E-state index contributed by atoms with van der Waals surface area (Å²) in [5.74, 6) is 0.820. The van der Waals surface area contributed by atoms with Crippen molar-refractivity contribution in [2.75, 3.05) is 13.2 Å². The topological polar surface area (TPSA) is 21.8 Å². The molecular weight excluding hydrogens is 336 g/mol. The number of hydrogen-bond acceptors (Lipinski definition) is 2. The number of allylic oxidation sites excluding steroid dienone is 1. The summed E-state index contributed by atoms with van der Waals surface area (Å²) in [7, 11) is 0. The van der Waals surface area contributed by atoms with Crippen molar-refractivity contribution in [3.8, 4) is 5.75 Å². The molecular formula is C12H12Br2O2. The average molecular weight is 348 g/mol. The van der Waals surface area contributed by atoms with Crippen LogP contribution in [0.2, 0.25) is 0 Å². The zero-order valence-electron chi connectivity index (χ0n) is 8.93. The number of ether oxygens (including phenoxy) is 2. The van der Waals surface area contributed by atoms with Crippen LogP contribution in [0.15, 0.2) is 27.7 Å². The Balaban J connectivity index is 2.19. The van der Waals surface area contributed by atoms with Crippen LogP contribution in [0.1, 0.15) is 12.5 Å². The van der Waals surface area contributed by atoms with E-state index in [2.05, 4.69) is 38.4 Å². The van der Waals surface area contributed by atoms with Gasteiger partial charge >= 0.3 is 0 Å². The first-order valence-corrected chi connectivity index (χ1v) is 6.56. The Morgan fingerprint density at radius 2 is 2.06 bits per heavy atom. The maximum Gasteiger partial charge on any atom is 0.147 e. The van der Waals surface area contributed by atoms with Gasteiger partial charge in [0.05, 0.1) is 15.6 Å². The van der Waals surface area contributed by atoms with Gasteiger partial charge in [0.25, 0.3) is 0 Å². The van der Waals surface area contributed by atoms with Crippen LogP contribution in [-0.4, -0.2) is 19.3 Å². The maximum atomic E-state index is 5.68. The number of benzene rings is 1. The van der Waals surface area contributed by atoms with Gasteiger partial charge in [-0.15, -0.1) is 0 Å². The van der Waals surface area contributed by atoms with Gasteiger partial charge in [-0.05, 0) is 56.5 Å². The molecule has 2 nitrogen and oxygen atoms in total. The fourth-order valence-corrected chi connectivity index (χ4v) is 2.70. The van der Waals surface area contributed by atoms with E-state index in [1.807, 2.05) is 19.1 Å². The SMILES string of the molecule is C=C(C)c1cc(Br)c(OCC2CO2)c(Br)c1. The summed E-state index contributed by atoms with van der Waals surface area (Å²) in [6.07, 6.45) is 0.264. The quantitative estimate of drug-likeness (QED) is 0.767. The number of rotatable bonds is 4. The number of hydrogen-bond donors (Lipinski definition) is 0. The smallest absolute Gasteiger partial charge is 0.147 e. The summed E-state index contributed by atoms with van der Waals surface area (Å²) < 4.78 is 12.6. The van der Waals surface area contributed by atoms with Crippen molar-refractivity contribution in [3.63, 3.8) is 0 Å². The van der Waals surface area contributed by atoms with Gasteiger partial charge in [-0.1, -0.05) is 12.2 Å². The Hall–Kier alpha value is -0.320. The van der Waals surface area contributed by atoms with Gasteiger partial charge in [0.2, 0.25) is 0 Å². The summed E-state index contributed by atoms with van der Waals surface area (Å²) in [5, 5.41) is 0. The highest BCUT2D eigenvalue weighted by molar-refractivity contribution is 9.11. The average Bonchev–Trinajstić information content (AvgIpc) is 2.99. The molecule has 0 aromatic heterocycles. The lowest BCUT2D eigenvalue weighted by Crippen LogP contribution is -2.05. The Labute approximate surface area is 112 Å². The van der Waals surface area contributed by atoms with Gasteiger partial charge < -0.3 is 9.47 Å². The second-order valence-electron chi connectivity index (χ2n) is 3.82. The summed E-state index contributed by atoms with van der Waals surface area (Å²) in [5.41, 5.74) is 2.12. The van der Waals surface area contributed by atoms with E-state index in [-0.39, 0.29) is 6.10 Å². The van der Waals surface area contributed by atoms with Crippen molar-refractivity contribution in [2.24, 2.45) is 0 Å². The molecule has 0 spiro atoms. The highest BCUT2D eigenvalue weighted by Crippen LogP contribution is 2.36. The summed E-state index contributed by atoms with van der Waals surface area (Å²) in [4.78, 5) is 0. The monoisotopic (exact) mass is 346 g/mol. The van der Waals surface area contributed by atoms with Gasteiger partial charge in [0.15, 0.2) is 0 Å². The third-order valence-electron chi connectivity index (χ3n) is 2.31. The zero-order valence-corrected chi connectivity index (χ0v) is 12.1. The van der Waals surface area contributed by atoms with Crippen molar-refractivity contribution in [2.45, 2.75) is 13.0 Å². The van der Waals surface area contributed by atoms with E-state index in [1.54, 1.807) is 0 Å². The van der Waals surface area contributed by atoms with E-state index >= 15 is 0 Å². The molecule has 0 amide bonds. The molecule has 1 aromatic rings. The van der Waals surface area contributed by atoms with Crippen molar-refractivity contribution in [1.29, 1.82) is 0 Å². The first-order chi connectivity index (χ1) is 7.58. The van der Waals surface area contributed by atoms with E-state index < -0.39 is 0 Å². The summed E-state index contributed by atoms with van der Waals surface area (Å²) in [6.45, 7) is 7.30. The highest BCUT2D eigenvalue weighted by Gasteiger charge is 2.24. The standard InChI is InChI=1S/C12H12Br2O2/c1-7(2)8-3-10(13)12(11(14)4-8)16-6-9-5-15-9/h3-4,9H,1,5-6H2,2H3. The third kappa shape index (κ3) is 2.87. The lowest BCUT2D eigenvalue weighted by molar-refractivity contribution is 0.260. The molecule has 4 heteroatoms. The molecule has 1 aliphatic heterocycles. The molecule has 86 valence electrons. The minimum absolute atomic E-state index is 0.264. The van der Waals surface area contributed by atoms with Crippen LogP contribution in [0.5, 0.6) is 5.75 Å².